The second-order valence-corrected chi connectivity index (χ2v) is 7.07. The Bertz CT molecular complexity index is 421. The Kier molecular flexibility index (Phi) is 6.55. The molecule has 2 atom stereocenters. The molecule has 0 bridgehead atoms. The predicted molar refractivity (Wildman–Crippen MR) is 91.1 cm³/mol. The minimum absolute atomic E-state index is 0.349. The summed E-state index contributed by atoms with van der Waals surface area (Å²) in [6.07, 6.45) is 0.349. The van der Waals surface area contributed by atoms with Gasteiger partial charge in [-0.25, -0.2) is 0 Å². The van der Waals surface area contributed by atoms with E-state index in [1.807, 2.05) is 18.8 Å². The Morgan fingerprint density at radius 1 is 1.29 bits per heavy atom. The molecule has 1 aliphatic rings. The number of nitrogens with zero attached hydrogens (tertiary/aromatic N) is 1. The minimum Gasteiger partial charge on any atom is -0.375 e. The Morgan fingerprint density at radius 3 is 2.62 bits per heavy atom. The molecule has 1 fully saturated rings. The van der Waals surface area contributed by atoms with Crippen molar-refractivity contribution in [2.45, 2.75) is 43.9 Å². The molecule has 0 saturated carbocycles. The third kappa shape index (κ3) is 4.99. The summed E-state index contributed by atoms with van der Waals surface area (Å²) in [4.78, 5) is 3.83. The van der Waals surface area contributed by atoms with Crippen LogP contribution in [0, 0.1) is 0 Å². The molecule has 1 N–H and O–H groups in total. The van der Waals surface area contributed by atoms with E-state index in [9.17, 15) is 0 Å². The van der Waals surface area contributed by atoms with Crippen molar-refractivity contribution in [3.63, 3.8) is 0 Å². The highest BCUT2D eigenvalue weighted by Crippen LogP contribution is 2.23. The highest BCUT2D eigenvalue weighted by molar-refractivity contribution is 7.99. The Balaban J connectivity index is 1.82. The van der Waals surface area contributed by atoms with Crippen molar-refractivity contribution in [3.8, 4) is 0 Å². The zero-order valence-corrected chi connectivity index (χ0v) is 14.5. The number of thioether (sulfide) groups is 1. The van der Waals surface area contributed by atoms with E-state index < -0.39 is 0 Å². The summed E-state index contributed by atoms with van der Waals surface area (Å²) >= 11 is 1.90. The molecule has 1 aromatic carbocycles. The van der Waals surface area contributed by atoms with Gasteiger partial charge in [-0.1, -0.05) is 12.1 Å². The van der Waals surface area contributed by atoms with Crippen molar-refractivity contribution < 1.29 is 4.74 Å². The fraction of sp³-hybridized carbons (Fsp3) is 0.647. The summed E-state index contributed by atoms with van der Waals surface area (Å²) < 4.78 is 5.89. The second-order valence-electron chi connectivity index (χ2n) is 5.97. The molecule has 2 unspecified atom stereocenters. The molecule has 1 aliphatic heterocycles. The monoisotopic (exact) mass is 308 g/mol. The molecule has 2 rings (SSSR count). The summed E-state index contributed by atoms with van der Waals surface area (Å²) in [5.74, 6) is 1.03. The molecular weight excluding hydrogens is 280 g/mol. The Labute approximate surface area is 133 Å². The molecule has 118 valence electrons. The van der Waals surface area contributed by atoms with E-state index in [1.165, 1.54) is 10.5 Å². The average molecular weight is 308 g/mol. The Morgan fingerprint density at radius 2 is 2.00 bits per heavy atom. The van der Waals surface area contributed by atoms with Gasteiger partial charge >= 0.3 is 0 Å². The maximum atomic E-state index is 5.89. The van der Waals surface area contributed by atoms with E-state index in [-0.39, 0.29) is 0 Å². The lowest BCUT2D eigenvalue weighted by atomic mass is 10.1. The van der Waals surface area contributed by atoms with E-state index in [1.54, 1.807) is 0 Å². The van der Waals surface area contributed by atoms with Crippen LogP contribution in [0.5, 0.6) is 0 Å². The van der Waals surface area contributed by atoms with E-state index in [0.717, 1.165) is 25.4 Å². The first-order valence-corrected chi connectivity index (χ1v) is 8.84. The van der Waals surface area contributed by atoms with Gasteiger partial charge in [-0.3, -0.25) is 4.90 Å². The first-order chi connectivity index (χ1) is 10.1. The summed E-state index contributed by atoms with van der Waals surface area (Å²) in [6.45, 7) is 9.68. The molecule has 1 aromatic rings. The molecule has 0 aromatic heterocycles. The van der Waals surface area contributed by atoms with Gasteiger partial charge in [-0.15, -0.1) is 11.8 Å². The number of rotatable bonds is 6. The molecular formula is C17H28N2OS. The highest BCUT2D eigenvalue weighted by atomic mass is 32.2. The molecule has 21 heavy (non-hydrogen) atoms. The van der Waals surface area contributed by atoms with Crippen LogP contribution < -0.4 is 5.32 Å². The zero-order chi connectivity index (χ0) is 15.2. The molecule has 4 heteroatoms. The van der Waals surface area contributed by atoms with Crippen LogP contribution in [0.1, 0.15) is 32.4 Å². The first kappa shape index (κ1) is 16.8. The van der Waals surface area contributed by atoms with Crippen molar-refractivity contribution in [2.75, 3.05) is 32.5 Å². The molecule has 3 nitrogen and oxygen atoms in total. The maximum absolute atomic E-state index is 5.89. The Hall–Kier alpha value is -0.550. The lowest BCUT2D eigenvalue weighted by Crippen LogP contribution is -2.46. The normalized spacial score (nSPS) is 21.7. The van der Waals surface area contributed by atoms with E-state index >= 15 is 0 Å². The van der Waals surface area contributed by atoms with Gasteiger partial charge in [-0.05, 0) is 45.5 Å². The summed E-state index contributed by atoms with van der Waals surface area (Å²) in [5.41, 5.74) is 1.33. The lowest BCUT2D eigenvalue weighted by Gasteiger charge is -2.35. The van der Waals surface area contributed by atoms with Gasteiger partial charge in [-0.2, -0.15) is 0 Å². The molecule has 0 radical (unpaired) electrons. The first-order valence-electron chi connectivity index (χ1n) is 7.86. The van der Waals surface area contributed by atoms with Gasteiger partial charge in [0.2, 0.25) is 0 Å². The van der Waals surface area contributed by atoms with Crippen molar-refractivity contribution in [3.05, 3.63) is 29.8 Å². The third-order valence-corrected chi connectivity index (χ3v) is 5.29. The van der Waals surface area contributed by atoms with Gasteiger partial charge in [0.1, 0.15) is 0 Å². The fourth-order valence-electron chi connectivity index (χ4n) is 2.52. The van der Waals surface area contributed by atoms with Crippen LogP contribution in [0.2, 0.25) is 0 Å². The highest BCUT2D eigenvalue weighted by Gasteiger charge is 2.22. The predicted octanol–water partition coefficient (Wildman–Crippen LogP) is 3.17. The smallest absolute Gasteiger partial charge is 0.0796 e. The van der Waals surface area contributed by atoms with Gasteiger partial charge in [0.05, 0.1) is 12.7 Å². The third-order valence-electron chi connectivity index (χ3n) is 4.15. The SMILES string of the molecule is CNC(C)c1ccc(SCC2CN(C(C)C)CCO2)cc1. The van der Waals surface area contributed by atoms with Gasteiger partial charge in [0, 0.05) is 35.8 Å². The number of morpholine rings is 1. The number of ether oxygens (including phenoxy) is 1. The van der Waals surface area contributed by atoms with Crippen molar-refractivity contribution in [1.29, 1.82) is 0 Å². The van der Waals surface area contributed by atoms with E-state index in [0.29, 0.717) is 18.2 Å². The van der Waals surface area contributed by atoms with Crippen LogP contribution in [0.3, 0.4) is 0 Å². The zero-order valence-electron chi connectivity index (χ0n) is 13.6. The topological polar surface area (TPSA) is 24.5 Å². The largest absolute Gasteiger partial charge is 0.375 e. The van der Waals surface area contributed by atoms with E-state index in [2.05, 4.69) is 55.3 Å². The number of nitrogens with one attached hydrogen (secondary N) is 1. The van der Waals surface area contributed by atoms with E-state index in [4.69, 9.17) is 4.74 Å². The van der Waals surface area contributed by atoms with Crippen LogP contribution >= 0.6 is 11.8 Å². The van der Waals surface area contributed by atoms with Gasteiger partial charge in [0.25, 0.3) is 0 Å². The summed E-state index contributed by atoms with van der Waals surface area (Å²) in [7, 11) is 1.99. The number of hydrogen-bond acceptors (Lipinski definition) is 4. The van der Waals surface area contributed by atoms with Crippen molar-refractivity contribution in [1.82, 2.24) is 10.2 Å². The van der Waals surface area contributed by atoms with Crippen molar-refractivity contribution in [2.24, 2.45) is 0 Å². The number of benzene rings is 1. The van der Waals surface area contributed by atoms with Crippen LogP contribution in [0.25, 0.3) is 0 Å². The lowest BCUT2D eigenvalue weighted by molar-refractivity contribution is -0.0265. The van der Waals surface area contributed by atoms with Crippen LogP contribution in [0.15, 0.2) is 29.2 Å². The molecule has 0 aliphatic carbocycles. The second kappa shape index (κ2) is 8.18. The van der Waals surface area contributed by atoms with Crippen LogP contribution in [-0.2, 0) is 4.74 Å². The number of hydrogen-bond donors (Lipinski definition) is 1. The standard InChI is InChI=1S/C17H28N2OS/c1-13(2)19-9-10-20-16(11-19)12-21-17-7-5-15(6-8-17)14(3)18-4/h5-8,13-14,16,18H,9-12H2,1-4H3. The van der Waals surface area contributed by atoms with Crippen LogP contribution in [0.4, 0.5) is 0 Å². The van der Waals surface area contributed by atoms with Crippen LogP contribution in [-0.4, -0.2) is 49.5 Å². The van der Waals surface area contributed by atoms with Crippen molar-refractivity contribution >= 4 is 11.8 Å². The molecule has 1 heterocycles. The quantitative estimate of drug-likeness (QED) is 0.816. The summed E-state index contributed by atoms with van der Waals surface area (Å²) in [6, 6.07) is 9.89. The van der Waals surface area contributed by atoms with Gasteiger partial charge in [0.15, 0.2) is 0 Å². The maximum Gasteiger partial charge on any atom is 0.0796 e. The molecule has 1 saturated heterocycles. The average Bonchev–Trinajstić information content (AvgIpc) is 2.53. The molecule has 0 spiro atoms. The summed E-state index contributed by atoms with van der Waals surface area (Å²) in [5, 5.41) is 3.27. The fourth-order valence-corrected chi connectivity index (χ4v) is 3.43. The van der Waals surface area contributed by atoms with Gasteiger partial charge < -0.3 is 10.1 Å². The minimum atomic E-state index is 0.349. The molecule has 0 amide bonds.